The van der Waals surface area contributed by atoms with Crippen LogP contribution in [-0.4, -0.2) is 32.9 Å². The van der Waals surface area contributed by atoms with E-state index in [1.165, 1.54) is 18.2 Å². The number of sulfone groups is 1. The highest BCUT2D eigenvalue weighted by molar-refractivity contribution is 7.91. The standard InChI is InChI=1S/C13H17F2NO3S/c1-9(11-6-4-8-19-11)16-10-5-2-3-7-12(10)20(17,18)13(14)15/h2-3,5,7,9,11,13,16H,4,6,8H2,1H3. The number of hydrogen-bond acceptors (Lipinski definition) is 4. The van der Waals surface area contributed by atoms with Gasteiger partial charge in [0.05, 0.1) is 16.7 Å². The molecule has 1 saturated heterocycles. The summed E-state index contributed by atoms with van der Waals surface area (Å²) in [5.41, 5.74) is 0.191. The van der Waals surface area contributed by atoms with Gasteiger partial charge in [-0.3, -0.25) is 0 Å². The minimum Gasteiger partial charge on any atom is -0.379 e. The largest absolute Gasteiger partial charge is 0.379 e. The molecule has 1 N–H and O–H groups in total. The molecule has 0 saturated carbocycles. The zero-order chi connectivity index (χ0) is 14.8. The zero-order valence-corrected chi connectivity index (χ0v) is 11.9. The molecule has 1 aromatic carbocycles. The van der Waals surface area contributed by atoms with Crippen LogP contribution in [0.2, 0.25) is 0 Å². The van der Waals surface area contributed by atoms with Crippen LogP contribution in [0, 0.1) is 0 Å². The Balaban J connectivity index is 2.24. The van der Waals surface area contributed by atoms with Gasteiger partial charge >= 0.3 is 5.76 Å². The number of anilines is 1. The highest BCUT2D eigenvalue weighted by atomic mass is 32.2. The quantitative estimate of drug-likeness (QED) is 0.908. The highest BCUT2D eigenvalue weighted by Gasteiger charge is 2.30. The number of hydrogen-bond donors (Lipinski definition) is 1. The Morgan fingerprint density at radius 1 is 1.35 bits per heavy atom. The first-order valence-corrected chi connectivity index (χ1v) is 7.97. The lowest BCUT2D eigenvalue weighted by Gasteiger charge is -2.22. The predicted octanol–water partition coefficient (Wildman–Crippen LogP) is 2.66. The van der Waals surface area contributed by atoms with Crippen molar-refractivity contribution < 1.29 is 21.9 Å². The smallest absolute Gasteiger partial charge is 0.341 e. The van der Waals surface area contributed by atoms with E-state index in [1.807, 2.05) is 6.92 Å². The Morgan fingerprint density at radius 2 is 2.05 bits per heavy atom. The van der Waals surface area contributed by atoms with E-state index in [4.69, 9.17) is 4.74 Å². The van der Waals surface area contributed by atoms with E-state index < -0.39 is 15.6 Å². The number of nitrogens with one attached hydrogen (secondary N) is 1. The van der Waals surface area contributed by atoms with Crippen LogP contribution in [0.1, 0.15) is 19.8 Å². The lowest BCUT2D eigenvalue weighted by atomic mass is 10.1. The Labute approximate surface area is 117 Å². The van der Waals surface area contributed by atoms with Crippen molar-refractivity contribution in [1.29, 1.82) is 0 Å². The van der Waals surface area contributed by atoms with Crippen LogP contribution >= 0.6 is 0 Å². The molecule has 1 aliphatic heterocycles. The fourth-order valence-corrected chi connectivity index (χ4v) is 3.16. The van der Waals surface area contributed by atoms with Crippen LogP contribution in [0.15, 0.2) is 29.2 Å². The molecular formula is C13H17F2NO3S. The molecule has 0 amide bonds. The predicted molar refractivity (Wildman–Crippen MR) is 71.7 cm³/mol. The summed E-state index contributed by atoms with van der Waals surface area (Å²) < 4.78 is 54.1. The zero-order valence-electron chi connectivity index (χ0n) is 11.1. The van der Waals surface area contributed by atoms with Crippen molar-refractivity contribution >= 4 is 15.5 Å². The molecule has 0 aromatic heterocycles. The summed E-state index contributed by atoms with van der Waals surface area (Å²) >= 11 is 0. The molecular weight excluding hydrogens is 288 g/mol. The molecule has 112 valence electrons. The summed E-state index contributed by atoms with van der Waals surface area (Å²) in [6.07, 6.45) is 1.79. The van der Waals surface area contributed by atoms with Crippen LogP contribution in [0.5, 0.6) is 0 Å². The first-order valence-electron chi connectivity index (χ1n) is 6.42. The number of para-hydroxylation sites is 1. The van der Waals surface area contributed by atoms with E-state index >= 15 is 0 Å². The fraction of sp³-hybridized carbons (Fsp3) is 0.538. The molecule has 1 fully saturated rings. The fourth-order valence-electron chi connectivity index (χ4n) is 2.27. The molecule has 7 heteroatoms. The molecule has 4 nitrogen and oxygen atoms in total. The van der Waals surface area contributed by atoms with Gasteiger partial charge in [0.1, 0.15) is 0 Å². The van der Waals surface area contributed by atoms with Crippen molar-refractivity contribution in [1.82, 2.24) is 0 Å². The summed E-state index contributed by atoms with van der Waals surface area (Å²) in [7, 11) is -4.61. The first kappa shape index (κ1) is 15.2. The van der Waals surface area contributed by atoms with Gasteiger partial charge in [-0.25, -0.2) is 8.42 Å². The van der Waals surface area contributed by atoms with Gasteiger partial charge in [0.15, 0.2) is 0 Å². The van der Waals surface area contributed by atoms with Gasteiger partial charge in [-0.2, -0.15) is 8.78 Å². The van der Waals surface area contributed by atoms with Crippen LogP contribution in [0.3, 0.4) is 0 Å². The monoisotopic (exact) mass is 305 g/mol. The average molecular weight is 305 g/mol. The second-order valence-corrected chi connectivity index (χ2v) is 6.67. The van der Waals surface area contributed by atoms with Crippen LogP contribution in [0.25, 0.3) is 0 Å². The third kappa shape index (κ3) is 3.09. The Kier molecular flexibility index (Phi) is 4.59. The molecule has 2 atom stereocenters. The second-order valence-electron chi connectivity index (χ2n) is 4.79. The SMILES string of the molecule is CC(Nc1ccccc1S(=O)(=O)C(F)F)C1CCCO1. The Bertz CT molecular complexity index is 556. The summed E-state index contributed by atoms with van der Waals surface area (Å²) in [6.45, 7) is 2.52. The number of alkyl halides is 2. The van der Waals surface area contributed by atoms with E-state index in [0.717, 1.165) is 12.8 Å². The lowest BCUT2D eigenvalue weighted by molar-refractivity contribution is 0.0996. The van der Waals surface area contributed by atoms with Crippen molar-refractivity contribution in [2.45, 2.75) is 42.6 Å². The number of benzene rings is 1. The normalized spacial score (nSPS) is 21.1. The van der Waals surface area contributed by atoms with Crippen molar-refractivity contribution in [2.75, 3.05) is 11.9 Å². The molecule has 0 aliphatic carbocycles. The van der Waals surface area contributed by atoms with Crippen molar-refractivity contribution in [3.8, 4) is 0 Å². The Morgan fingerprint density at radius 3 is 2.65 bits per heavy atom. The van der Waals surface area contributed by atoms with Crippen LogP contribution < -0.4 is 5.32 Å². The molecule has 0 bridgehead atoms. The third-order valence-corrected chi connectivity index (χ3v) is 4.77. The van der Waals surface area contributed by atoms with E-state index in [2.05, 4.69) is 5.32 Å². The Hall–Kier alpha value is -1.21. The molecule has 0 radical (unpaired) electrons. The minimum absolute atomic E-state index is 0.0303. The summed E-state index contributed by atoms with van der Waals surface area (Å²) in [6, 6.07) is 5.56. The van der Waals surface area contributed by atoms with Gasteiger partial charge in [0, 0.05) is 12.6 Å². The minimum atomic E-state index is -4.61. The van der Waals surface area contributed by atoms with Crippen molar-refractivity contribution in [3.05, 3.63) is 24.3 Å². The van der Waals surface area contributed by atoms with Gasteiger partial charge in [-0.1, -0.05) is 12.1 Å². The van der Waals surface area contributed by atoms with Gasteiger partial charge in [-0.15, -0.1) is 0 Å². The van der Waals surface area contributed by atoms with Crippen molar-refractivity contribution in [3.63, 3.8) is 0 Å². The number of rotatable bonds is 5. The van der Waals surface area contributed by atoms with Gasteiger partial charge in [0.25, 0.3) is 0 Å². The average Bonchev–Trinajstić information content (AvgIpc) is 2.93. The molecule has 0 spiro atoms. The van der Waals surface area contributed by atoms with Crippen molar-refractivity contribution in [2.24, 2.45) is 0 Å². The van der Waals surface area contributed by atoms with Crippen LogP contribution in [-0.2, 0) is 14.6 Å². The highest BCUT2D eigenvalue weighted by Crippen LogP contribution is 2.28. The summed E-state index contributed by atoms with van der Waals surface area (Å²) in [4.78, 5) is -0.375. The van der Waals surface area contributed by atoms with E-state index in [-0.39, 0.29) is 22.7 Å². The third-order valence-electron chi connectivity index (χ3n) is 3.33. The van der Waals surface area contributed by atoms with E-state index in [9.17, 15) is 17.2 Å². The summed E-state index contributed by atoms with van der Waals surface area (Å²) in [5, 5.41) is 2.98. The molecule has 2 unspecified atom stereocenters. The van der Waals surface area contributed by atoms with Gasteiger partial charge in [0.2, 0.25) is 9.84 Å². The topological polar surface area (TPSA) is 55.4 Å². The van der Waals surface area contributed by atoms with E-state index in [0.29, 0.717) is 6.61 Å². The molecule has 2 rings (SSSR count). The maximum atomic E-state index is 12.7. The molecule has 1 aromatic rings. The molecule has 1 heterocycles. The first-order chi connectivity index (χ1) is 9.43. The van der Waals surface area contributed by atoms with Gasteiger partial charge in [-0.05, 0) is 31.9 Å². The second kappa shape index (κ2) is 6.05. The maximum absolute atomic E-state index is 12.7. The number of ether oxygens (including phenoxy) is 1. The molecule has 1 aliphatic rings. The molecule has 20 heavy (non-hydrogen) atoms. The maximum Gasteiger partial charge on any atom is 0.341 e. The summed E-state index contributed by atoms with van der Waals surface area (Å²) in [5.74, 6) is -3.43. The van der Waals surface area contributed by atoms with E-state index in [1.54, 1.807) is 6.07 Å². The number of halogens is 2. The van der Waals surface area contributed by atoms with Gasteiger partial charge < -0.3 is 10.1 Å². The van der Waals surface area contributed by atoms with Crippen LogP contribution in [0.4, 0.5) is 14.5 Å². The lowest BCUT2D eigenvalue weighted by Crippen LogP contribution is -2.30.